The second-order valence-electron chi connectivity index (χ2n) is 6.62. The van der Waals surface area contributed by atoms with Gasteiger partial charge in [-0.25, -0.2) is 9.59 Å². The van der Waals surface area contributed by atoms with Crippen LogP contribution in [0.1, 0.15) is 11.1 Å². The maximum Gasteiger partial charge on any atom is 0.511 e. The summed E-state index contributed by atoms with van der Waals surface area (Å²) < 4.78 is 123. The zero-order valence-corrected chi connectivity index (χ0v) is 17.8. The van der Waals surface area contributed by atoms with Gasteiger partial charge in [0.25, 0.3) is 5.09 Å². The van der Waals surface area contributed by atoms with E-state index in [-0.39, 0.29) is 18.2 Å². The minimum Gasteiger partial charge on any atom is -0.475 e. The largest absolute Gasteiger partial charge is 0.511 e. The van der Waals surface area contributed by atoms with Gasteiger partial charge in [0.05, 0.1) is 5.57 Å². The smallest absolute Gasteiger partial charge is 0.475 e. The van der Waals surface area contributed by atoms with Crippen LogP contribution >= 0.6 is 10.2 Å². The first-order valence-corrected chi connectivity index (χ1v) is 10.7. The maximum atomic E-state index is 13.4. The Morgan fingerprint density at radius 1 is 1.09 bits per heavy atom. The number of ether oxygens (including phenoxy) is 4. The lowest BCUT2D eigenvalue weighted by atomic mass is 9.99. The van der Waals surface area contributed by atoms with Crippen molar-refractivity contribution in [2.45, 2.75) is 24.1 Å². The van der Waals surface area contributed by atoms with Crippen LogP contribution in [0, 0.1) is 17.0 Å². The van der Waals surface area contributed by atoms with E-state index in [9.17, 15) is 52.3 Å². The summed E-state index contributed by atoms with van der Waals surface area (Å²) in [5, 5.41) is 8.70. The highest BCUT2D eigenvalue weighted by Gasteiger charge is 2.65. The number of hydrogen-bond donors (Lipinski definition) is 0. The molecule has 0 saturated heterocycles. The lowest BCUT2D eigenvalue weighted by molar-refractivity contribution is -0.757. The first kappa shape index (κ1) is 27.7. The predicted molar refractivity (Wildman–Crippen MR) is 97.4 cm³/mol. The summed E-state index contributed by atoms with van der Waals surface area (Å²) in [5.41, 5.74) is -3.05. The molecule has 0 spiro atoms. The average Bonchev–Trinajstić information content (AvgIpc) is 2.67. The highest BCUT2D eigenvalue weighted by molar-refractivity contribution is 8.45. The van der Waals surface area contributed by atoms with Crippen LogP contribution in [0.4, 0.5) is 37.4 Å². The molecule has 0 fully saturated rings. The van der Waals surface area contributed by atoms with Crippen LogP contribution in [0.3, 0.4) is 0 Å². The molecule has 198 valence electrons. The molecule has 0 aliphatic carbocycles. The van der Waals surface area contributed by atoms with Crippen LogP contribution in [0.5, 0.6) is 5.75 Å². The minimum absolute atomic E-state index is 0.0822. The second kappa shape index (κ2) is 8.61. The molecule has 0 aromatic heterocycles. The Morgan fingerprint density at radius 2 is 1.71 bits per heavy atom. The van der Waals surface area contributed by atoms with Gasteiger partial charge in [-0.2, -0.15) is 13.2 Å². The molecule has 19 heteroatoms. The van der Waals surface area contributed by atoms with Crippen molar-refractivity contribution >= 4 is 28.4 Å². The summed E-state index contributed by atoms with van der Waals surface area (Å²) >= 11 is 0. The first-order valence-electron chi connectivity index (χ1n) is 8.76. The Bertz CT molecular complexity index is 1070. The van der Waals surface area contributed by atoms with E-state index in [0.29, 0.717) is 0 Å². The Morgan fingerprint density at radius 3 is 2.26 bits per heavy atom. The molecule has 1 heterocycles. The van der Waals surface area contributed by atoms with Crippen molar-refractivity contribution in [1.29, 1.82) is 0 Å². The Hall–Kier alpha value is -3.51. The van der Waals surface area contributed by atoms with Gasteiger partial charge in [-0.05, 0) is 30.7 Å². The third-order valence-corrected chi connectivity index (χ3v) is 5.08. The monoisotopic (exact) mass is 547 g/mol. The number of nitrogens with zero attached hydrogens (tertiary/aromatic N) is 1. The van der Waals surface area contributed by atoms with Crippen LogP contribution in [0.25, 0.3) is 6.08 Å². The SMILES string of the molecule is Cc1cc(S(F)(F)(F)(F)F)cc2c1OC(C(F)(F)F)C(C(=O)OCOC(=O)OCCO[N+](=O)[O-])=C2. The summed E-state index contributed by atoms with van der Waals surface area (Å²) in [4.78, 5) is 34.6. The Balaban J connectivity index is 2.23. The fourth-order valence-electron chi connectivity index (χ4n) is 2.58. The van der Waals surface area contributed by atoms with Crippen molar-refractivity contribution in [1.82, 2.24) is 0 Å². The van der Waals surface area contributed by atoms with Gasteiger partial charge in [-0.15, -0.1) is 10.1 Å². The van der Waals surface area contributed by atoms with Crippen molar-refractivity contribution in [3.8, 4) is 5.75 Å². The number of fused-ring (bicyclic) bond motifs is 1. The van der Waals surface area contributed by atoms with Crippen molar-refractivity contribution in [2.75, 3.05) is 20.0 Å². The number of esters is 1. The van der Waals surface area contributed by atoms with Crippen molar-refractivity contribution in [3.63, 3.8) is 0 Å². The van der Waals surface area contributed by atoms with Gasteiger partial charge in [-0.1, -0.05) is 19.4 Å². The molecule has 0 amide bonds. The number of aryl methyl sites for hydroxylation is 1. The van der Waals surface area contributed by atoms with Gasteiger partial charge in [0.1, 0.15) is 23.9 Å². The molecular formula is C16H13F8NO9S. The number of alkyl halides is 3. The molecular weight excluding hydrogens is 534 g/mol. The summed E-state index contributed by atoms with van der Waals surface area (Å²) in [6.45, 7) is -1.94. The summed E-state index contributed by atoms with van der Waals surface area (Å²) in [6.07, 6.45) is -9.71. The zero-order chi connectivity index (χ0) is 26.9. The summed E-state index contributed by atoms with van der Waals surface area (Å²) in [6, 6.07) is -0.258. The first-order chi connectivity index (χ1) is 15.7. The molecule has 35 heavy (non-hydrogen) atoms. The lowest BCUT2D eigenvalue weighted by Crippen LogP contribution is -2.41. The van der Waals surface area contributed by atoms with E-state index in [2.05, 4.69) is 23.8 Å². The van der Waals surface area contributed by atoms with Crippen molar-refractivity contribution in [2.24, 2.45) is 0 Å². The Labute approximate surface area is 189 Å². The molecule has 0 saturated carbocycles. The van der Waals surface area contributed by atoms with E-state index in [4.69, 9.17) is 0 Å². The number of carbonyl (C=O) groups is 2. The van der Waals surface area contributed by atoms with E-state index in [1.165, 1.54) is 0 Å². The minimum atomic E-state index is -10.2. The van der Waals surface area contributed by atoms with Gasteiger partial charge >= 0.3 is 28.5 Å². The van der Waals surface area contributed by atoms with Crippen LogP contribution in [-0.4, -0.2) is 49.5 Å². The summed E-state index contributed by atoms with van der Waals surface area (Å²) in [5.74, 6) is -2.70. The van der Waals surface area contributed by atoms with Crippen LogP contribution in [-0.2, 0) is 23.8 Å². The van der Waals surface area contributed by atoms with Gasteiger partial charge < -0.3 is 23.8 Å². The van der Waals surface area contributed by atoms with Crippen molar-refractivity contribution < 1.29 is 71.1 Å². The highest BCUT2D eigenvalue weighted by atomic mass is 32.5. The molecule has 1 atom stereocenters. The Kier molecular flexibility index (Phi) is 6.82. The van der Waals surface area contributed by atoms with E-state index < -0.39 is 87.1 Å². The molecule has 0 bridgehead atoms. The van der Waals surface area contributed by atoms with E-state index in [0.717, 1.165) is 6.92 Å². The molecule has 1 aromatic carbocycles. The molecule has 10 nitrogen and oxygen atoms in total. The maximum absolute atomic E-state index is 13.4. The van der Waals surface area contributed by atoms with Gasteiger partial charge in [0.15, 0.2) is 0 Å². The van der Waals surface area contributed by atoms with Crippen LogP contribution in [0.15, 0.2) is 22.6 Å². The average molecular weight is 547 g/mol. The number of benzene rings is 1. The lowest BCUT2D eigenvalue weighted by Gasteiger charge is -2.41. The molecule has 1 unspecified atom stereocenters. The molecule has 1 aromatic rings. The fourth-order valence-corrected chi connectivity index (χ4v) is 3.33. The number of hydrogen-bond acceptors (Lipinski definition) is 9. The van der Waals surface area contributed by atoms with Crippen molar-refractivity contribution in [3.05, 3.63) is 38.9 Å². The molecule has 0 radical (unpaired) electrons. The number of halogens is 8. The third kappa shape index (κ3) is 7.49. The fraction of sp³-hybridized carbons (Fsp3) is 0.375. The third-order valence-electron chi connectivity index (χ3n) is 3.95. The molecule has 1 aliphatic heterocycles. The second-order valence-corrected chi connectivity index (χ2v) is 9.03. The number of carbonyl (C=O) groups excluding carboxylic acids is 2. The molecule has 1 aliphatic rings. The quantitative estimate of drug-likeness (QED) is 0.108. The van der Waals surface area contributed by atoms with Crippen LogP contribution < -0.4 is 4.74 Å². The van der Waals surface area contributed by atoms with Crippen LogP contribution in [0.2, 0.25) is 0 Å². The molecule has 2 rings (SSSR count). The normalized spacial score (nSPS) is 17.5. The van der Waals surface area contributed by atoms with Gasteiger partial charge in [-0.3, -0.25) is 0 Å². The summed E-state index contributed by atoms with van der Waals surface area (Å²) in [7, 11) is -10.2. The van der Waals surface area contributed by atoms with E-state index >= 15 is 0 Å². The van der Waals surface area contributed by atoms with E-state index in [1.54, 1.807) is 0 Å². The predicted octanol–water partition coefficient (Wildman–Crippen LogP) is 5.22. The standard InChI is InChI=1S/C16H13F8NO9S/c1-8-4-10(35(20,21,22,23)24)5-9-6-11(13(16(17,18)19)34-12(8)9)14(26)31-7-32-15(27)30-2-3-33-25(28)29/h4-6,13H,2-3,7H2,1H3. The van der Waals surface area contributed by atoms with Gasteiger partial charge in [0, 0.05) is 5.56 Å². The van der Waals surface area contributed by atoms with E-state index in [1.807, 2.05) is 0 Å². The molecule has 0 N–H and O–H groups in total. The van der Waals surface area contributed by atoms with Gasteiger partial charge in [0.2, 0.25) is 12.9 Å². The topological polar surface area (TPSA) is 123 Å². The highest BCUT2D eigenvalue weighted by Crippen LogP contribution is 3.02. The zero-order valence-electron chi connectivity index (χ0n) is 17.0. The number of rotatable bonds is 8.